The van der Waals surface area contributed by atoms with E-state index in [1.165, 1.54) is 0 Å². The zero-order valence-electron chi connectivity index (χ0n) is 7.33. The van der Waals surface area contributed by atoms with Gasteiger partial charge in [0.25, 0.3) is 0 Å². The van der Waals surface area contributed by atoms with E-state index in [4.69, 9.17) is 4.74 Å². The first-order chi connectivity index (χ1) is 5.50. The molecule has 0 spiro atoms. The van der Waals surface area contributed by atoms with Gasteiger partial charge in [-0.3, -0.25) is 9.59 Å². The van der Waals surface area contributed by atoms with Crippen LogP contribution in [0.1, 0.15) is 20.8 Å². The molecule has 0 aromatic heterocycles. The fourth-order valence-corrected chi connectivity index (χ4v) is 1.19. The number of hydrogen-bond acceptors (Lipinski definition) is 4. The lowest BCUT2D eigenvalue weighted by Gasteiger charge is -2.19. The minimum Gasteiger partial charge on any atom is -0.475 e. The molecular weight excluding hydrogens is 158 g/mol. The lowest BCUT2D eigenvalue weighted by atomic mass is 9.93. The molecule has 0 fully saturated rings. The second-order valence-corrected chi connectivity index (χ2v) is 3.02. The van der Waals surface area contributed by atoms with Gasteiger partial charge in [-0.1, -0.05) is 0 Å². The molecule has 0 saturated heterocycles. The molecule has 0 radical (unpaired) electrons. The van der Waals surface area contributed by atoms with Crippen LogP contribution in [-0.4, -0.2) is 29.6 Å². The van der Waals surface area contributed by atoms with E-state index < -0.39 is 11.3 Å². The molecule has 2 unspecified atom stereocenters. The van der Waals surface area contributed by atoms with Crippen molar-refractivity contribution >= 4 is 18.0 Å². The number of aldehydes is 1. The summed E-state index contributed by atoms with van der Waals surface area (Å²) in [6.07, 6.45) is -0.0581. The smallest absolute Gasteiger partial charge is 0.226 e. The Balaban J connectivity index is 2.98. The third-order valence-corrected chi connectivity index (χ3v) is 2.13. The zero-order chi connectivity index (χ0) is 9.35. The standard InChI is InChI=1S/C8H11NO3/c1-5-8(3,7(11)4-10)9-6(2)12-5/h4-5H,1-3H3. The molecule has 1 rings (SSSR count). The Labute approximate surface area is 70.6 Å². The summed E-state index contributed by atoms with van der Waals surface area (Å²) in [5, 5.41) is 0. The Hall–Kier alpha value is -1.19. The van der Waals surface area contributed by atoms with Gasteiger partial charge in [-0.05, 0) is 13.8 Å². The highest BCUT2D eigenvalue weighted by molar-refractivity contribution is 6.30. The monoisotopic (exact) mass is 169 g/mol. The molecule has 1 aliphatic rings. The van der Waals surface area contributed by atoms with Gasteiger partial charge in [0, 0.05) is 6.92 Å². The fourth-order valence-electron chi connectivity index (χ4n) is 1.19. The number of ketones is 1. The summed E-state index contributed by atoms with van der Waals surface area (Å²) in [4.78, 5) is 25.4. The Morgan fingerprint density at radius 1 is 1.75 bits per heavy atom. The van der Waals surface area contributed by atoms with Crippen LogP contribution in [0.15, 0.2) is 4.99 Å². The van der Waals surface area contributed by atoms with E-state index in [2.05, 4.69) is 4.99 Å². The maximum atomic E-state index is 11.1. The molecule has 0 bridgehead atoms. The maximum Gasteiger partial charge on any atom is 0.226 e. The lowest BCUT2D eigenvalue weighted by Crippen LogP contribution is -2.41. The molecule has 0 N–H and O–H groups in total. The number of aliphatic imine (C=N–C) groups is 1. The summed E-state index contributed by atoms with van der Waals surface area (Å²) in [5.41, 5.74) is -1.01. The predicted molar refractivity (Wildman–Crippen MR) is 43.1 cm³/mol. The highest BCUT2D eigenvalue weighted by atomic mass is 16.5. The molecule has 0 aromatic rings. The quantitative estimate of drug-likeness (QED) is 0.442. The third-order valence-electron chi connectivity index (χ3n) is 2.13. The van der Waals surface area contributed by atoms with Crippen LogP contribution >= 0.6 is 0 Å². The van der Waals surface area contributed by atoms with Crippen LogP contribution in [0.25, 0.3) is 0 Å². The van der Waals surface area contributed by atoms with Crippen molar-refractivity contribution in [2.24, 2.45) is 4.99 Å². The van der Waals surface area contributed by atoms with E-state index in [1.54, 1.807) is 20.8 Å². The molecule has 66 valence electrons. The molecule has 4 nitrogen and oxygen atoms in total. The maximum absolute atomic E-state index is 11.1. The van der Waals surface area contributed by atoms with Gasteiger partial charge in [0.2, 0.25) is 5.78 Å². The van der Waals surface area contributed by atoms with Crippen molar-refractivity contribution in [1.82, 2.24) is 0 Å². The second-order valence-electron chi connectivity index (χ2n) is 3.02. The number of hydrogen-bond donors (Lipinski definition) is 0. The van der Waals surface area contributed by atoms with Crippen LogP contribution in [-0.2, 0) is 14.3 Å². The summed E-state index contributed by atoms with van der Waals surface area (Å²) >= 11 is 0. The van der Waals surface area contributed by atoms with Crippen LogP contribution < -0.4 is 0 Å². The van der Waals surface area contributed by atoms with Crippen LogP contribution in [0.2, 0.25) is 0 Å². The van der Waals surface area contributed by atoms with Gasteiger partial charge in [-0.25, -0.2) is 4.99 Å². The summed E-state index contributed by atoms with van der Waals surface area (Å²) < 4.78 is 5.17. The molecule has 0 aliphatic carbocycles. The molecular formula is C8H11NO3. The Morgan fingerprint density at radius 2 is 2.33 bits per heavy atom. The van der Waals surface area contributed by atoms with Crippen molar-refractivity contribution in [2.45, 2.75) is 32.4 Å². The third kappa shape index (κ3) is 1.13. The average molecular weight is 169 g/mol. The topological polar surface area (TPSA) is 55.7 Å². The predicted octanol–water partition coefficient (Wildman–Crippen LogP) is 0.350. The highest BCUT2D eigenvalue weighted by Gasteiger charge is 2.44. The molecule has 4 heteroatoms. The van der Waals surface area contributed by atoms with Gasteiger partial charge in [0.15, 0.2) is 17.7 Å². The van der Waals surface area contributed by atoms with Gasteiger partial charge < -0.3 is 4.74 Å². The van der Waals surface area contributed by atoms with Crippen LogP contribution in [0.3, 0.4) is 0 Å². The van der Waals surface area contributed by atoms with Crippen molar-refractivity contribution in [2.75, 3.05) is 0 Å². The Morgan fingerprint density at radius 3 is 2.67 bits per heavy atom. The van der Waals surface area contributed by atoms with Gasteiger partial charge >= 0.3 is 0 Å². The molecule has 0 aromatic carbocycles. The van der Waals surface area contributed by atoms with Crippen molar-refractivity contribution < 1.29 is 14.3 Å². The zero-order valence-corrected chi connectivity index (χ0v) is 7.33. The SMILES string of the molecule is CC1=NC(C)(C(=O)C=O)C(C)O1. The molecule has 1 aliphatic heterocycles. The van der Waals surface area contributed by atoms with Crippen molar-refractivity contribution in [1.29, 1.82) is 0 Å². The van der Waals surface area contributed by atoms with Crippen LogP contribution in [0.4, 0.5) is 0 Å². The summed E-state index contributed by atoms with van der Waals surface area (Å²) in [6.45, 7) is 4.99. The minimum absolute atomic E-state index is 0.294. The number of Topliss-reactive ketones (excluding diaryl/α,β-unsaturated/α-hetero) is 1. The van der Waals surface area contributed by atoms with Crippen LogP contribution in [0.5, 0.6) is 0 Å². The largest absolute Gasteiger partial charge is 0.475 e. The van der Waals surface area contributed by atoms with E-state index in [9.17, 15) is 9.59 Å². The summed E-state index contributed by atoms with van der Waals surface area (Å²) in [7, 11) is 0. The second kappa shape index (κ2) is 2.69. The first kappa shape index (κ1) is 8.90. The van der Waals surface area contributed by atoms with Gasteiger partial charge in [0.1, 0.15) is 6.10 Å². The summed E-state index contributed by atoms with van der Waals surface area (Å²) in [6, 6.07) is 0. The van der Waals surface area contributed by atoms with Crippen molar-refractivity contribution in [3.63, 3.8) is 0 Å². The first-order valence-electron chi connectivity index (χ1n) is 3.73. The van der Waals surface area contributed by atoms with E-state index in [-0.39, 0.29) is 6.10 Å². The average Bonchev–Trinajstić information content (AvgIpc) is 2.26. The lowest BCUT2D eigenvalue weighted by molar-refractivity contribution is -0.134. The minimum atomic E-state index is -1.01. The molecule has 0 saturated carbocycles. The highest BCUT2D eigenvalue weighted by Crippen LogP contribution is 2.25. The fraction of sp³-hybridized carbons (Fsp3) is 0.625. The van der Waals surface area contributed by atoms with Crippen molar-refractivity contribution in [3.05, 3.63) is 0 Å². The number of carbonyl (C=O) groups excluding carboxylic acids is 2. The Bertz CT molecular complexity index is 259. The molecule has 0 amide bonds. The molecule has 1 heterocycles. The normalized spacial score (nSPS) is 33.9. The number of ether oxygens (including phenoxy) is 1. The van der Waals surface area contributed by atoms with E-state index in [0.29, 0.717) is 12.2 Å². The van der Waals surface area contributed by atoms with E-state index in [1.807, 2.05) is 0 Å². The van der Waals surface area contributed by atoms with Gasteiger partial charge in [0.05, 0.1) is 0 Å². The van der Waals surface area contributed by atoms with E-state index in [0.717, 1.165) is 0 Å². The van der Waals surface area contributed by atoms with Gasteiger partial charge in [-0.15, -0.1) is 0 Å². The molecule has 12 heavy (non-hydrogen) atoms. The number of carbonyl (C=O) groups is 2. The summed E-state index contributed by atoms with van der Waals surface area (Å²) in [5.74, 6) is -0.0768. The van der Waals surface area contributed by atoms with Gasteiger partial charge in [-0.2, -0.15) is 0 Å². The Kier molecular flexibility index (Phi) is 2.00. The first-order valence-corrected chi connectivity index (χ1v) is 3.73. The number of nitrogens with zero attached hydrogens (tertiary/aromatic N) is 1. The number of rotatable bonds is 2. The van der Waals surface area contributed by atoms with Crippen LogP contribution in [0, 0.1) is 0 Å². The van der Waals surface area contributed by atoms with Crippen molar-refractivity contribution in [3.8, 4) is 0 Å². The molecule has 2 atom stereocenters. The van der Waals surface area contributed by atoms with E-state index >= 15 is 0 Å².